The Morgan fingerprint density at radius 3 is 2.81 bits per heavy atom. The van der Waals surface area contributed by atoms with Crippen LogP contribution in [0.25, 0.3) is 10.9 Å². The van der Waals surface area contributed by atoms with Gasteiger partial charge in [-0.3, -0.25) is 9.35 Å². The van der Waals surface area contributed by atoms with Gasteiger partial charge in [0.25, 0.3) is 0 Å². The highest BCUT2D eigenvalue weighted by Gasteiger charge is 2.19. The predicted octanol–water partition coefficient (Wildman–Crippen LogP) is 2.80. The number of rotatable bonds is 7. The van der Waals surface area contributed by atoms with E-state index >= 15 is 0 Å². The van der Waals surface area contributed by atoms with Gasteiger partial charge in [0.2, 0.25) is 11.3 Å². The zero-order valence-corrected chi connectivity index (χ0v) is 14.8. The van der Waals surface area contributed by atoms with Gasteiger partial charge in [0, 0.05) is 23.7 Å². The lowest BCUT2D eigenvalue weighted by Gasteiger charge is -2.09. The van der Waals surface area contributed by atoms with Crippen molar-refractivity contribution in [1.29, 1.82) is 0 Å². The average molecular weight is 391 g/mol. The average Bonchev–Trinajstić information content (AvgIpc) is 2.66. The highest BCUT2D eigenvalue weighted by molar-refractivity contribution is 7.77. The number of nitrogens with one attached hydrogen (secondary N) is 1. The molecule has 0 spiro atoms. The van der Waals surface area contributed by atoms with Gasteiger partial charge in [0.05, 0.1) is 11.1 Å². The molecule has 140 valence electrons. The molecule has 3 aromatic rings. The SMILES string of the molecule is O=C(c1ccc2ncncc2c1)c1cc(F)cc(CCCNS(=O)O)c1F. The second-order valence-corrected chi connectivity index (χ2v) is 6.59. The zero-order valence-electron chi connectivity index (χ0n) is 14.0. The molecule has 9 heteroatoms. The molecule has 0 saturated heterocycles. The van der Waals surface area contributed by atoms with Gasteiger partial charge in [-0.25, -0.2) is 27.7 Å². The Morgan fingerprint density at radius 1 is 1.22 bits per heavy atom. The van der Waals surface area contributed by atoms with E-state index < -0.39 is 28.7 Å². The van der Waals surface area contributed by atoms with Gasteiger partial charge < -0.3 is 0 Å². The summed E-state index contributed by atoms with van der Waals surface area (Å²) in [6.45, 7) is 0.146. The van der Waals surface area contributed by atoms with Crippen molar-refractivity contribution in [1.82, 2.24) is 14.7 Å². The summed E-state index contributed by atoms with van der Waals surface area (Å²) in [5, 5.41) is 0.614. The maximum absolute atomic E-state index is 14.7. The lowest BCUT2D eigenvalue weighted by molar-refractivity contribution is 0.103. The fourth-order valence-electron chi connectivity index (χ4n) is 2.71. The third kappa shape index (κ3) is 4.57. The van der Waals surface area contributed by atoms with E-state index in [4.69, 9.17) is 4.55 Å². The molecule has 0 aliphatic heterocycles. The van der Waals surface area contributed by atoms with Crippen LogP contribution in [0, 0.1) is 11.6 Å². The summed E-state index contributed by atoms with van der Waals surface area (Å²) in [5.41, 5.74) is 0.508. The monoisotopic (exact) mass is 391 g/mol. The number of ketones is 1. The number of benzene rings is 2. The fraction of sp³-hybridized carbons (Fsp3) is 0.167. The van der Waals surface area contributed by atoms with Crippen molar-refractivity contribution in [3.05, 3.63) is 71.2 Å². The first-order valence-electron chi connectivity index (χ1n) is 8.02. The Kier molecular flexibility index (Phi) is 5.94. The van der Waals surface area contributed by atoms with Crippen LogP contribution in [0.5, 0.6) is 0 Å². The number of carbonyl (C=O) groups is 1. The lowest BCUT2D eigenvalue weighted by Crippen LogP contribution is -2.18. The van der Waals surface area contributed by atoms with Crippen LogP contribution in [0.4, 0.5) is 8.78 Å². The minimum atomic E-state index is -2.16. The van der Waals surface area contributed by atoms with E-state index in [0.717, 1.165) is 12.1 Å². The van der Waals surface area contributed by atoms with Crippen molar-refractivity contribution in [3.63, 3.8) is 0 Å². The van der Waals surface area contributed by atoms with E-state index in [0.29, 0.717) is 17.3 Å². The molecule has 0 fully saturated rings. The van der Waals surface area contributed by atoms with Gasteiger partial charge in [-0.1, -0.05) is 0 Å². The molecule has 0 bridgehead atoms. The Hall–Kier alpha value is -2.62. The van der Waals surface area contributed by atoms with E-state index in [1.54, 1.807) is 6.07 Å². The molecular formula is C18H15F2N3O3S. The molecule has 0 aliphatic rings. The molecule has 1 heterocycles. The summed E-state index contributed by atoms with van der Waals surface area (Å²) in [6, 6.07) is 6.54. The van der Waals surface area contributed by atoms with Crippen LogP contribution in [-0.4, -0.2) is 31.1 Å². The van der Waals surface area contributed by atoms with E-state index in [1.165, 1.54) is 24.7 Å². The third-order valence-corrected chi connectivity index (χ3v) is 4.42. The molecule has 1 atom stereocenters. The fourth-order valence-corrected chi connectivity index (χ4v) is 3.03. The first-order valence-corrected chi connectivity index (χ1v) is 9.13. The van der Waals surface area contributed by atoms with E-state index in [-0.39, 0.29) is 29.7 Å². The molecule has 0 aliphatic carbocycles. The molecular weight excluding hydrogens is 376 g/mol. The first kappa shape index (κ1) is 19.2. The van der Waals surface area contributed by atoms with Crippen LogP contribution in [0.3, 0.4) is 0 Å². The zero-order chi connectivity index (χ0) is 19.4. The van der Waals surface area contributed by atoms with Gasteiger partial charge >= 0.3 is 0 Å². The summed E-state index contributed by atoms with van der Waals surface area (Å²) in [4.78, 5) is 20.6. The quantitative estimate of drug-likeness (QED) is 0.367. The minimum Gasteiger partial charge on any atom is -0.294 e. The van der Waals surface area contributed by atoms with Crippen molar-refractivity contribution in [2.75, 3.05) is 6.54 Å². The minimum absolute atomic E-state index is 0.0352. The van der Waals surface area contributed by atoms with Gasteiger partial charge in [-0.2, -0.15) is 0 Å². The van der Waals surface area contributed by atoms with Crippen LogP contribution < -0.4 is 4.72 Å². The largest absolute Gasteiger partial charge is 0.294 e. The lowest BCUT2D eigenvalue weighted by atomic mass is 9.97. The van der Waals surface area contributed by atoms with Crippen molar-refractivity contribution in [2.24, 2.45) is 0 Å². The Bertz CT molecular complexity index is 1030. The molecule has 0 amide bonds. The number of hydrogen-bond acceptors (Lipinski definition) is 4. The molecule has 6 nitrogen and oxygen atoms in total. The summed E-state index contributed by atoms with van der Waals surface area (Å²) in [5.74, 6) is -2.16. The molecule has 3 rings (SSSR count). The molecule has 0 radical (unpaired) electrons. The van der Waals surface area contributed by atoms with Crippen LogP contribution in [0.1, 0.15) is 27.9 Å². The van der Waals surface area contributed by atoms with Crippen molar-refractivity contribution in [3.8, 4) is 0 Å². The molecule has 0 saturated carbocycles. The molecule has 1 unspecified atom stereocenters. The highest BCUT2D eigenvalue weighted by Crippen LogP contribution is 2.22. The first-order chi connectivity index (χ1) is 13.0. The van der Waals surface area contributed by atoms with Crippen LogP contribution >= 0.6 is 0 Å². The number of nitrogens with zero attached hydrogens (tertiary/aromatic N) is 2. The highest BCUT2D eigenvalue weighted by atomic mass is 32.2. The molecule has 1 aromatic heterocycles. The molecule has 2 N–H and O–H groups in total. The summed E-state index contributed by atoms with van der Waals surface area (Å²) >= 11 is -2.16. The maximum Gasteiger partial charge on any atom is 0.231 e. The Balaban J connectivity index is 1.88. The van der Waals surface area contributed by atoms with Crippen LogP contribution in [0.15, 0.2) is 42.9 Å². The number of hydrogen-bond donors (Lipinski definition) is 2. The predicted molar refractivity (Wildman–Crippen MR) is 96.4 cm³/mol. The summed E-state index contributed by atoms with van der Waals surface area (Å²) in [7, 11) is 0. The van der Waals surface area contributed by atoms with E-state index in [9.17, 15) is 17.8 Å². The number of aryl methyl sites for hydroxylation is 1. The number of carbonyl (C=O) groups excluding carboxylic acids is 1. The maximum atomic E-state index is 14.7. The van der Waals surface area contributed by atoms with Gasteiger partial charge in [0.15, 0.2) is 5.78 Å². The smallest absolute Gasteiger partial charge is 0.231 e. The summed E-state index contributed by atoms with van der Waals surface area (Å²) < 4.78 is 50.1. The van der Waals surface area contributed by atoms with Gasteiger partial charge in [-0.05, 0) is 48.7 Å². The van der Waals surface area contributed by atoms with Crippen molar-refractivity contribution < 1.29 is 22.3 Å². The third-order valence-electron chi connectivity index (χ3n) is 3.97. The van der Waals surface area contributed by atoms with Crippen molar-refractivity contribution >= 4 is 28.0 Å². The van der Waals surface area contributed by atoms with Crippen molar-refractivity contribution in [2.45, 2.75) is 12.8 Å². The standard InChI is InChI=1S/C18H15F2N3O3S/c19-14-7-11(2-1-5-23-27(25)26)17(20)15(8-14)18(24)12-3-4-16-13(6-12)9-21-10-22-16/h3-4,6-10,23H,1-2,5H2,(H,25,26). The van der Waals surface area contributed by atoms with Crippen LogP contribution in [-0.2, 0) is 17.7 Å². The van der Waals surface area contributed by atoms with Gasteiger partial charge in [0.1, 0.15) is 18.0 Å². The van der Waals surface area contributed by atoms with Crippen LogP contribution in [0.2, 0.25) is 0 Å². The number of aromatic nitrogens is 2. The topological polar surface area (TPSA) is 92.2 Å². The Labute approximate surface area is 156 Å². The normalized spacial score (nSPS) is 12.3. The molecule has 2 aromatic carbocycles. The van der Waals surface area contributed by atoms with Gasteiger partial charge in [-0.15, -0.1) is 0 Å². The Morgan fingerprint density at radius 2 is 2.04 bits per heavy atom. The van der Waals surface area contributed by atoms with E-state index in [1.807, 2.05) is 0 Å². The number of fused-ring (bicyclic) bond motifs is 1. The number of halogens is 2. The molecule has 27 heavy (non-hydrogen) atoms. The second-order valence-electron chi connectivity index (χ2n) is 5.80. The summed E-state index contributed by atoms with van der Waals surface area (Å²) in [6.07, 6.45) is 3.32. The second kappa shape index (κ2) is 8.38. The van der Waals surface area contributed by atoms with E-state index in [2.05, 4.69) is 14.7 Å².